The summed E-state index contributed by atoms with van der Waals surface area (Å²) in [7, 11) is 5.08. The summed E-state index contributed by atoms with van der Waals surface area (Å²) in [6, 6.07) is 10.2. The van der Waals surface area contributed by atoms with E-state index in [0.29, 0.717) is 55.5 Å². The Bertz CT molecular complexity index is 974. The zero-order valence-corrected chi connectivity index (χ0v) is 19.1. The molecule has 2 aromatic rings. The minimum absolute atomic E-state index is 0.0291. The van der Waals surface area contributed by atoms with Crippen molar-refractivity contribution in [2.45, 2.75) is 13.5 Å². The summed E-state index contributed by atoms with van der Waals surface area (Å²) < 4.78 is 25.3. The molecular weight excluding hydrogens is 413 g/mol. The van der Waals surface area contributed by atoms with Crippen LogP contribution in [0, 0.1) is 5.82 Å². The largest absolute Gasteiger partial charge is 0.493 e. The Kier molecular flexibility index (Phi) is 7.69. The molecule has 1 amide bonds. The fourth-order valence-electron chi connectivity index (χ4n) is 3.93. The molecule has 7 nitrogen and oxygen atoms in total. The maximum atomic E-state index is 14.4. The number of benzene rings is 2. The average molecular weight is 444 g/mol. The van der Waals surface area contributed by atoms with Crippen molar-refractivity contribution in [1.82, 2.24) is 9.80 Å². The molecule has 1 heterocycles. The predicted octanol–water partition coefficient (Wildman–Crippen LogP) is 2.83. The average Bonchev–Trinajstić information content (AvgIpc) is 2.78. The number of carbonyl (C=O) groups is 2. The summed E-state index contributed by atoms with van der Waals surface area (Å²) in [5.74, 6) is 0.776. The molecule has 0 aliphatic carbocycles. The van der Waals surface area contributed by atoms with Gasteiger partial charge in [0, 0.05) is 43.9 Å². The number of carbonyl (C=O) groups excluding carboxylic acids is 2. The quantitative estimate of drug-likeness (QED) is 0.585. The molecule has 172 valence electrons. The SMILES string of the molecule is COc1cccc(CN(C)CC(=O)N2CCN(c3ccc(C(C)=O)cc3F)CC2)c1OC. The molecule has 1 aliphatic rings. The van der Waals surface area contributed by atoms with Crippen LogP contribution in [0.15, 0.2) is 36.4 Å². The van der Waals surface area contributed by atoms with Crippen molar-refractivity contribution in [2.75, 3.05) is 58.9 Å². The molecule has 0 saturated carbocycles. The summed E-state index contributed by atoms with van der Waals surface area (Å²) in [6.07, 6.45) is 0. The molecule has 0 unspecified atom stereocenters. The molecule has 0 bridgehead atoms. The van der Waals surface area contributed by atoms with Crippen molar-refractivity contribution in [3.63, 3.8) is 0 Å². The van der Waals surface area contributed by atoms with Crippen LogP contribution in [-0.2, 0) is 11.3 Å². The number of amides is 1. The maximum absolute atomic E-state index is 14.4. The number of para-hydroxylation sites is 1. The van der Waals surface area contributed by atoms with E-state index < -0.39 is 5.82 Å². The number of halogens is 1. The number of hydrogen-bond donors (Lipinski definition) is 0. The number of anilines is 1. The molecule has 32 heavy (non-hydrogen) atoms. The number of hydrogen-bond acceptors (Lipinski definition) is 6. The standard InChI is InChI=1S/C24H30FN3O4/c1-17(29)18-8-9-21(20(25)14-18)27-10-12-28(13-11-27)23(30)16-26(2)15-19-6-5-7-22(31-3)24(19)32-4/h5-9,14H,10-13,15-16H2,1-4H3. The second-order valence-corrected chi connectivity index (χ2v) is 7.92. The Hall–Kier alpha value is -3.13. The van der Waals surface area contributed by atoms with E-state index >= 15 is 0 Å². The smallest absolute Gasteiger partial charge is 0.236 e. The molecule has 0 N–H and O–H groups in total. The Morgan fingerprint density at radius 3 is 2.38 bits per heavy atom. The van der Waals surface area contributed by atoms with Gasteiger partial charge in [0.2, 0.25) is 5.91 Å². The number of piperazine rings is 1. The second-order valence-electron chi connectivity index (χ2n) is 7.92. The van der Waals surface area contributed by atoms with Crippen molar-refractivity contribution < 1.29 is 23.5 Å². The topological polar surface area (TPSA) is 62.3 Å². The molecule has 8 heteroatoms. The van der Waals surface area contributed by atoms with Crippen LogP contribution in [0.2, 0.25) is 0 Å². The van der Waals surface area contributed by atoms with Gasteiger partial charge in [0.15, 0.2) is 17.3 Å². The molecule has 2 aromatic carbocycles. The van der Waals surface area contributed by atoms with Crippen LogP contribution in [0.5, 0.6) is 11.5 Å². The number of nitrogens with zero attached hydrogens (tertiary/aromatic N) is 3. The van der Waals surface area contributed by atoms with E-state index in [1.807, 2.05) is 35.0 Å². The highest BCUT2D eigenvalue weighted by Gasteiger charge is 2.24. The third kappa shape index (κ3) is 5.37. The van der Waals surface area contributed by atoms with E-state index in [4.69, 9.17) is 9.47 Å². The van der Waals surface area contributed by atoms with Gasteiger partial charge in [-0.2, -0.15) is 0 Å². The maximum Gasteiger partial charge on any atom is 0.236 e. The van der Waals surface area contributed by atoms with Crippen LogP contribution < -0.4 is 14.4 Å². The van der Waals surface area contributed by atoms with Gasteiger partial charge in [-0.25, -0.2) is 4.39 Å². The Labute approximate surface area is 188 Å². The number of ether oxygens (including phenoxy) is 2. The zero-order valence-electron chi connectivity index (χ0n) is 19.1. The van der Waals surface area contributed by atoms with Crippen LogP contribution in [-0.4, -0.2) is 75.5 Å². The highest BCUT2D eigenvalue weighted by molar-refractivity contribution is 5.94. The summed E-state index contributed by atoms with van der Waals surface area (Å²) in [4.78, 5) is 29.9. The number of likely N-dealkylation sites (N-methyl/N-ethyl adjacent to an activating group) is 1. The van der Waals surface area contributed by atoms with Gasteiger partial charge in [-0.3, -0.25) is 14.5 Å². The van der Waals surface area contributed by atoms with Gasteiger partial charge >= 0.3 is 0 Å². The first-order chi connectivity index (χ1) is 15.3. The van der Waals surface area contributed by atoms with Gasteiger partial charge < -0.3 is 19.3 Å². The molecule has 0 aromatic heterocycles. The minimum Gasteiger partial charge on any atom is -0.493 e. The number of ketones is 1. The van der Waals surface area contributed by atoms with Gasteiger partial charge in [0.25, 0.3) is 0 Å². The molecule has 0 spiro atoms. The molecular formula is C24H30FN3O4. The summed E-state index contributed by atoms with van der Waals surface area (Å²) in [6.45, 7) is 4.33. The molecule has 0 radical (unpaired) electrons. The lowest BCUT2D eigenvalue weighted by Crippen LogP contribution is -2.51. The second kappa shape index (κ2) is 10.5. The number of Topliss-reactive ketones (excluding diaryl/α,β-unsaturated/α-hetero) is 1. The highest BCUT2D eigenvalue weighted by atomic mass is 19.1. The zero-order chi connectivity index (χ0) is 23.3. The fourth-order valence-corrected chi connectivity index (χ4v) is 3.93. The molecule has 1 aliphatic heterocycles. The van der Waals surface area contributed by atoms with E-state index in [1.54, 1.807) is 31.3 Å². The molecule has 1 fully saturated rings. The van der Waals surface area contributed by atoms with Gasteiger partial charge in [0.1, 0.15) is 5.82 Å². The van der Waals surface area contributed by atoms with Gasteiger partial charge in [-0.05, 0) is 38.2 Å². The van der Waals surface area contributed by atoms with E-state index in [0.717, 1.165) is 5.56 Å². The van der Waals surface area contributed by atoms with Crippen molar-refractivity contribution in [1.29, 1.82) is 0 Å². The van der Waals surface area contributed by atoms with Gasteiger partial charge in [-0.15, -0.1) is 0 Å². The summed E-state index contributed by atoms with van der Waals surface area (Å²) >= 11 is 0. The lowest BCUT2D eigenvalue weighted by Gasteiger charge is -2.37. The van der Waals surface area contributed by atoms with Crippen molar-refractivity contribution >= 4 is 17.4 Å². The van der Waals surface area contributed by atoms with Crippen molar-refractivity contribution in [2.24, 2.45) is 0 Å². The minimum atomic E-state index is -0.413. The number of rotatable bonds is 8. The lowest BCUT2D eigenvalue weighted by molar-refractivity contribution is -0.132. The van der Waals surface area contributed by atoms with E-state index in [2.05, 4.69) is 0 Å². The summed E-state index contributed by atoms with van der Waals surface area (Å²) in [5.41, 5.74) is 1.76. The monoisotopic (exact) mass is 443 g/mol. The van der Waals surface area contributed by atoms with E-state index in [9.17, 15) is 14.0 Å². The van der Waals surface area contributed by atoms with E-state index in [-0.39, 0.29) is 18.2 Å². The van der Waals surface area contributed by atoms with Gasteiger partial charge in [0.05, 0.1) is 26.5 Å². The third-order valence-corrected chi connectivity index (χ3v) is 5.66. The highest BCUT2D eigenvalue weighted by Crippen LogP contribution is 2.31. The molecule has 0 atom stereocenters. The Morgan fingerprint density at radius 2 is 1.78 bits per heavy atom. The predicted molar refractivity (Wildman–Crippen MR) is 121 cm³/mol. The van der Waals surface area contributed by atoms with Crippen LogP contribution in [0.3, 0.4) is 0 Å². The number of methoxy groups -OCH3 is 2. The normalized spacial score (nSPS) is 13.9. The Morgan fingerprint density at radius 1 is 1.06 bits per heavy atom. The first-order valence-corrected chi connectivity index (χ1v) is 10.6. The van der Waals surface area contributed by atoms with Crippen molar-refractivity contribution in [3.05, 3.63) is 53.3 Å². The lowest BCUT2D eigenvalue weighted by atomic mass is 10.1. The molecule has 3 rings (SSSR count). The fraction of sp³-hybridized carbons (Fsp3) is 0.417. The third-order valence-electron chi connectivity index (χ3n) is 5.66. The van der Waals surface area contributed by atoms with E-state index in [1.165, 1.54) is 13.0 Å². The van der Waals surface area contributed by atoms with Crippen molar-refractivity contribution in [3.8, 4) is 11.5 Å². The van der Waals surface area contributed by atoms with Crippen LogP contribution in [0.4, 0.5) is 10.1 Å². The van der Waals surface area contributed by atoms with Gasteiger partial charge in [-0.1, -0.05) is 12.1 Å². The Balaban J connectivity index is 1.55. The first kappa shape index (κ1) is 23.5. The van der Waals surface area contributed by atoms with Crippen LogP contribution >= 0.6 is 0 Å². The summed E-state index contributed by atoms with van der Waals surface area (Å²) in [5, 5.41) is 0. The van der Waals surface area contributed by atoms with Crippen LogP contribution in [0.1, 0.15) is 22.8 Å². The van der Waals surface area contributed by atoms with Crippen LogP contribution in [0.25, 0.3) is 0 Å². The first-order valence-electron chi connectivity index (χ1n) is 10.6. The molecule has 1 saturated heterocycles.